The lowest BCUT2D eigenvalue weighted by Crippen LogP contribution is -2.17. The van der Waals surface area contributed by atoms with Gasteiger partial charge in [-0.3, -0.25) is 14.9 Å². The van der Waals surface area contributed by atoms with Crippen LogP contribution in [-0.4, -0.2) is 11.1 Å². The number of hydrogen-bond donors (Lipinski definition) is 1. The number of rotatable bonds is 6. The highest BCUT2D eigenvalue weighted by Gasteiger charge is 2.24. The molecule has 20 heavy (non-hydrogen) atoms. The van der Waals surface area contributed by atoms with Gasteiger partial charge in [-0.2, -0.15) is 0 Å². The molecule has 1 heterocycles. The molecule has 0 aliphatic carbocycles. The number of nitrogens with one attached hydrogen (secondary N) is 1. The predicted octanol–water partition coefficient (Wildman–Crippen LogP) is 4.31. The number of carbonyl (C=O) groups is 2. The predicted molar refractivity (Wildman–Crippen MR) is 82.8 cm³/mol. The summed E-state index contributed by atoms with van der Waals surface area (Å²) in [6.45, 7) is 0. The lowest BCUT2D eigenvalue weighted by Gasteiger charge is -2.01. The first-order valence-corrected chi connectivity index (χ1v) is 7.82. The Morgan fingerprint density at radius 2 is 1.85 bits per heavy atom. The van der Waals surface area contributed by atoms with Crippen LogP contribution in [0.5, 0.6) is 0 Å². The van der Waals surface area contributed by atoms with Crippen molar-refractivity contribution in [3.8, 4) is 0 Å². The fraction of sp³-hybridized carbons (Fsp3) is 0.333. The summed E-state index contributed by atoms with van der Waals surface area (Å²) in [5.41, 5.74) is 1.30. The van der Waals surface area contributed by atoms with Crippen LogP contribution in [0.25, 0.3) is 0 Å². The van der Waals surface area contributed by atoms with Gasteiger partial charge in [0, 0.05) is 5.02 Å². The van der Waals surface area contributed by atoms with Crippen LogP contribution in [0.3, 0.4) is 0 Å². The Bertz CT molecular complexity index is 525. The van der Waals surface area contributed by atoms with E-state index in [2.05, 4.69) is 17.4 Å². The molecule has 5 heteroatoms. The number of benzene rings is 1. The van der Waals surface area contributed by atoms with Crippen molar-refractivity contribution in [1.82, 2.24) is 5.32 Å². The monoisotopic (exact) mass is 309 g/mol. The van der Waals surface area contributed by atoms with Crippen LogP contribution < -0.4 is 5.32 Å². The molecule has 1 N–H and O–H groups in total. The molecule has 0 atom stereocenters. The number of unbranched alkanes of at least 4 members (excludes halogenated alkanes) is 3. The molecule has 0 radical (unpaired) electrons. The van der Waals surface area contributed by atoms with Gasteiger partial charge >= 0.3 is 0 Å². The minimum Gasteiger partial charge on any atom is -0.282 e. The lowest BCUT2D eigenvalue weighted by molar-refractivity contribution is -0.115. The third kappa shape index (κ3) is 4.69. The van der Waals surface area contributed by atoms with Gasteiger partial charge in [0.05, 0.1) is 4.91 Å². The fourth-order valence-electron chi connectivity index (χ4n) is 1.99. The average molecular weight is 310 g/mol. The first kappa shape index (κ1) is 15.1. The number of hydrogen-bond acceptors (Lipinski definition) is 3. The SMILES string of the molecule is O=C1NC(=O)C(=CCCCCCc2ccc(Cl)cc2)S1. The van der Waals surface area contributed by atoms with Gasteiger partial charge in [0.15, 0.2) is 0 Å². The highest BCUT2D eigenvalue weighted by Crippen LogP contribution is 2.23. The van der Waals surface area contributed by atoms with E-state index < -0.39 is 0 Å². The molecular formula is C15H16ClNO2S. The molecule has 3 nitrogen and oxygen atoms in total. The van der Waals surface area contributed by atoms with E-state index in [1.54, 1.807) is 0 Å². The number of imide groups is 1. The highest BCUT2D eigenvalue weighted by molar-refractivity contribution is 8.18. The Labute approximate surface area is 127 Å². The summed E-state index contributed by atoms with van der Waals surface area (Å²) in [6.07, 6.45) is 6.98. The van der Waals surface area contributed by atoms with Crippen molar-refractivity contribution in [3.05, 3.63) is 45.8 Å². The minimum atomic E-state index is -0.274. The molecule has 1 aromatic rings. The topological polar surface area (TPSA) is 46.2 Å². The van der Waals surface area contributed by atoms with Crippen molar-refractivity contribution in [2.75, 3.05) is 0 Å². The van der Waals surface area contributed by atoms with Gasteiger partial charge in [-0.15, -0.1) is 0 Å². The normalized spacial score (nSPS) is 16.8. The van der Waals surface area contributed by atoms with Gasteiger partial charge in [-0.05, 0) is 55.1 Å². The molecule has 2 amide bonds. The van der Waals surface area contributed by atoms with E-state index in [0.717, 1.165) is 48.9 Å². The van der Waals surface area contributed by atoms with Crippen LogP contribution >= 0.6 is 23.4 Å². The molecule has 0 unspecified atom stereocenters. The summed E-state index contributed by atoms with van der Waals surface area (Å²) in [4.78, 5) is 22.8. The molecule has 0 saturated carbocycles. The van der Waals surface area contributed by atoms with E-state index in [0.29, 0.717) is 4.91 Å². The van der Waals surface area contributed by atoms with Crippen LogP contribution in [-0.2, 0) is 11.2 Å². The molecule has 0 spiro atoms. The standard InChI is InChI=1S/C15H16ClNO2S/c16-12-9-7-11(8-10-12)5-3-1-2-4-6-13-14(18)17-15(19)20-13/h6-10H,1-5H2,(H,17,18,19). The Morgan fingerprint density at radius 3 is 2.50 bits per heavy atom. The lowest BCUT2D eigenvalue weighted by atomic mass is 10.1. The van der Waals surface area contributed by atoms with Crippen LogP contribution in [0, 0.1) is 0 Å². The van der Waals surface area contributed by atoms with E-state index >= 15 is 0 Å². The van der Waals surface area contributed by atoms with Crippen molar-refractivity contribution < 1.29 is 9.59 Å². The van der Waals surface area contributed by atoms with E-state index in [4.69, 9.17) is 11.6 Å². The van der Waals surface area contributed by atoms with Gasteiger partial charge < -0.3 is 0 Å². The van der Waals surface area contributed by atoms with Gasteiger partial charge in [0.1, 0.15) is 0 Å². The summed E-state index contributed by atoms with van der Waals surface area (Å²) >= 11 is 6.82. The number of carbonyl (C=O) groups excluding carboxylic acids is 2. The second-order valence-corrected chi connectivity index (χ2v) is 6.09. The third-order valence-corrected chi connectivity index (χ3v) is 4.17. The van der Waals surface area contributed by atoms with Gasteiger partial charge in [0.25, 0.3) is 11.1 Å². The molecule has 0 aromatic heterocycles. The maximum atomic E-state index is 11.3. The van der Waals surface area contributed by atoms with Crippen LogP contribution in [0.1, 0.15) is 31.2 Å². The number of allylic oxidation sites excluding steroid dienone is 1. The van der Waals surface area contributed by atoms with Crippen molar-refractivity contribution >= 4 is 34.5 Å². The molecule has 1 aromatic carbocycles. The Kier molecular flexibility index (Phi) is 5.68. The largest absolute Gasteiger partial charge is 0.290 e. The highest BCUT2D eigenvalue weighted by atomic mass is 35.5. The first-order chi connectivity index (χ1) is 9.65. The summed E-state index contributed by atoms with van der Waals surface area (Å²) in [5, 5.41) is 2.74. The van der Waals surface area contributed by atoms with Crippen LogP contribution in [0.4, 0.5) is 4.79 Å². The molecular weight excluding hydrogens is 294 g/mol. The smallest absolute Gasteiger partial charge is 0.282 e. The van der Waals surface area contributed by atoms with Crippen LogP contribution in [0.15, 0.2) is 35.2 Å². The molecule has 1 aliphatic rings. The minimum absolute atomic E-state index is 0.263. The zero-order valence-electron chi connectivity index (χ0n) is 11.0. The summed E-state index contributed by atoms with van der Waals surface area (Å²) in [7, 11) is 0. The molecule has 1 aliphatic heterocycles. The van der Waals surface area contributed by atoms with Crippen molar-refractivity contribution in [2.24, 2.45) is 0 Å². The molecule has 106 valence electrons. The number of thioether (sulfide) groups is 1. The number of aryl methyl sites for hydroxylation is 1. The molecule has 0 bridgehead atoms. The average Bonchev–Trinajstić information content (AvgIpc) is 2.74. The second-order valence-electron chi connectivity index (χ2n) is 4.64. The zero-order valence-corrected chi connectivity index (χ0v) is 12.6. The third-order valence-electron chi connectivity index (χ3n) is 3.05. The number of halogens is 1. The summed E-state index contributed by atoms with van der Waals surface area (Å²) < 4.78 is 0. The van der Waals surface area contributed by atoms with Crippen molar-refractivity contribution in [1.29, 1.82) is 0 Å². The Morgan fingerprint density at radius 1 is 1.10 bits per heavy atom. The van der Waals surface area contributed by atoms with Crippen molar-refractivity contribution in [3.63, 3.8) is 0 Å². The van der Waals surface area contributed by atoms with E-state index in [9.17, 15) is 9.59 Å². The number of amides is 2. The van der Waals surface area contributed by atoms with E-state index in [-0.39, 0.29) is 11.1 Å². The van der Waals surface area contributed by atoms with Gasteiger partial charge in [0.2, 0.25) is 0 Å². The first-order valence-electron chi connectivity index (χ1n) is 6.63. The fourth-order valence-corrected chi connectivity index (χ4v) is 2.81. The second kappa shape index (κ2) is 7.50. The maximum Gasteiger partial charge on any atom is 0.290 e. The zero-order chi connectivity index (χ0) is 14.4. The van der Waals surface area contributed by atoms with E-state index in [1.807, 2.05) is 18.2 Å². The molecule has 1 saturated heterocycles. The van der Waals surface area contributed by atoms with E-state index in [1.165, 1.54) is 5.56 Å². The van der Waals surface area contributed by atoms with Gasteiger partial charge in [-0.25, -0.2) is 0 Å². The maximum absolute atomic E-state index is 11.3. The van der Waals surface area contributed by atoms with Crippen molar-refractivity contribution in [2.45, 2.75) is 32.1 Å². The Hall–Kier alpha value is -1.26. The van der Waals surface area contributed by atoms with Crippen LogP contribution in [0.2, 0.25) is 5.02 Å². The van der Waals surface area contributed by atoms with Gasteiger partial charge in [-0.1, -0.05) is 36.2 Å². The summed E-state index contributed by atoms with van der Waals surface area (Å²) in [5.74, 6) is -0.263. The molecule has 1 fully saturated rings. The molecule has 2 rings (SSSR count). The quantitative estimate of drug-likeness (QED) is 0.629. The summed E-state index contributed by atoms with van der Waals surface area (Å²) in [6, 6.07) is 7.92. The Balaban J connectivity index is 1.62.